The van der Waals surface area contributed by atoms with Crippen molar-refractivity contribution in [2.75, 3.05) is 20.6 Å². The zero-order valence-electron chi connectivity index (χ0n) is 16.7. The van der Waals surface area contributed by atoms with Crippen molar-refractivity contribution in [2.24, 2.45) is 4.99 Å². The number of para-hydroxylation sites is 1. The summed E-state index contributed by atoms with van der Waals surface area (Å²) in [4.78, 5) is 21.9. The van der Waals surface area contributed by atoms with Gasteiger partial charge in [0.2, 0.25) is 5.90 Å². The number of amides is 1. The van der Waals surface area contributed by atoms with Crippen LogP contribution in [0.1, 0.15) is 23.0 Å². The number of carbonyl (C=O) groups is 1. The fourth-order valence-electron chi connectivity index (χ4n) is 3.13. The maximum absolute atomic E-state index is 12.6. The zero-order chi connectivity index (χ0) is 20.4. The van der Waals surface area contributed by atoms with Crippen molar-refractivity contribution in [2.45, 2.75) is 13.0 Å². The Hall–Kier alpha value is -3.54. The average Bonchev–Trinajstić information content (AvgIpc) is 3.37. The van der Waals surface area contributed by atoms with Gasteiger partial charge in [0, 0.05) is 30.9 Å². The van der Waals surface area contributed by atoms with E-state index in [0.717, 1.165) is 17.0 Å². The first-order chi connectivity index (χ1) is 14.0. The third kappa shape index (κ3) is 4.16. The van der Waals surface area contributed by atoms with E-state index in [1.54, 1.807) is 25.1 Å². The highest BCUT2D eigenvalue weighted by Crippen LogP contribution is 2.30. The predicted octanol–water partition coefficient (Wildman–Crippen LogP) is 4.34. The van der Waals surface area contributed by atoms with Crippen LogP contribution in [0.25, 0.3) is 11.3 Å². The fourth-order valence-corrected chi connectivity index (χ4v) is 3.13. The van der Waals surface area contributed by atoms with Crippen LogP contribution in [0.4, 0.5) is 0 Å². The summed E-state index contributed by atoms with van der Waals surface area (Å²) in [6.07, 6.45) is 0.0867. The van der Waals surface area contributed by atoms with Gasteiger partial charge < -0.3 is 19.4 Å². The molecule has 6 heteroatoms. The zero-order valence-corrected chi connectivity index (χ0v) is 16.7. The van der Waals surface area contributed by atoms with E-state index in [9.17, 15) is 4.79 Å². The summed E-state index contributed by atoms with van der Waals surface area (Å²) in [5.41, 5.74) is 3.08. The minimum Gasteiger partial charge on any atom is -0.471 e. The molecule has 0 radical (unpaired) electrons. The first-order valence-corrected chi connectivity index (χ1v) is 9.50. The van der Waals surface area contributed by atoms with Crippen molar-refractivity contribution >= 4 is 11.8 Å². The molecule has 3 aromatic rings. The minimum atomic E-state index is -0.0890. The van der Waals surface area contributed by atoms with E-state index in [4.69, 9.17) is 9.47 Å². The Morgan fingerprint density at radius 2 is 1.83 bits per heavy atom. The third-order valence-electron chi connectivity index (χ3n) is 4.57. The van der Waals surface area contributed by atoms with Gasteiger partial charge in [0.1, 0.15) is 23.3 Å². The highest BCUT2D eigenvalue weighted by Gasteiger charge is 2.19. The lowest BCUT2D eigenvalue weighted by molar-refractivity contribution is 0.0827. The van der Waals surface area contributed by atoms with Crippen LogP contribution in [0.2, 0.25) is 0 Å². The summed E-state index contributed by atoms with van der Waals surface area (Å²) in [5, 5.41) is 0. The van der Waals surface area contributed by atoms with Gasteiger partial charge in [-0.1, -0.05) is 18.2 Å². The van der Waals surface area contributed by atoms with Crippen LogP contribution < -0.4 is 4.74 Å². The van der Waals surface area contributed by atoms with Gasteiger partial charge in [-0.2, -0.15) is 0 Å². The summed E-state index contributed by atoms with van der Waals surface area (Å²) in [7, 11) is 3.46. The summed E-state index contributed by atoms with van der Waals surface area (Å²) in [6.45, 7) is 2.65. The van der Waals surface area contributed by atoms with Crippen molar-refractivity contribution < 1.29 is 14.3 Å². The van der Waals surface area contributed by atoms with Crippen molar-refractivity contribution in [3.8, 4) is 22.8 Å². The standard InChI is InChI=1S/C23H23N3O3/c1-15-14-24-22(28-15)21-10-9-20(25-21)16-11-17(23(27)26(2)3)13-19(12-16)29-18-7-5-4-6-8-18/h4-13,15,25H,14H2,1-3H3. The number of rotatable bonds is 5. The first kappa shape index (κ1) is 18.8. The maximum Gasteiger partial charge on any atom is 0.253 e. The van der Waals surface area contributed by atoms with Gasteiger partial charge >= 0.3 is 0 Å². The number of aromatic amines is 1. The smallest absolute Gasteiger partial charge is 0.253 e. The lowest BCUT2D eigenvalue weighted by Crippen LogP contribution is -2.21. The van der Waals surface area contributed by atoms with Gasteiger partial charge in [0.15, 0.2) is 0 Å². The molecular weight excluding hydrogens is 366 g/mol. The highest BCUT2D eigenvalue weighted by molar-refractivity contribution is 5.96. The van der Waals surface area contributed by atoms with E-state index >= 15 is 0 Å². The molecule has 1 atom stereocenters. The molecule has 1 aliphatic rings. The van der Waals surface area contributed by atoms with Crippen LogP contribution in [0.5, 0.6) is 11.5 Å². The molecule has 0 saturated heterocycles. The number of aliphatic imine (C=N–C) groups is 1. The van der Waals surface area contributed by atoms with Gasteiger partial charge in [-0.15, -0.1) is 0 Å². The Labute approximate surface area is 169 Å². The summed E-state index contributed by atoms with van der Waals surface area (Å²) < 4.78 is 11.7. The second-order valence-corrected chi connectivity index (χ2v) is 7.22. The third-order valence-corrected chi connectivity index (χ3v) is 4.57. The SMILES string of the molecule is CC1CN=C(c2ccc(-c3cc(Oc4ccccc4)cc(C(=O)N(C)C)c3)[nH]2)O1. The summed E-state index contributed by atoms with van der Waals surface area (Å²) >= 11 is 0. The van der Waals surface area contributed by atoms with Crippen LogP contribution in [0.15, 0.2) is 65.7 Å². The first-order valence-electron chi connectivity index (χ1n) is 9.50. The number of hydrogen-bond acceptors (Lipinski definition) is 4. The molecule has 0 aliphatic carbocycles. The van der Waals surface area contributed by atoms with Crippen LogP contribution in [0.3, 0.4) is 0 Å². The molecule has 4 rings (SSSR count). The van der Waals surface area contributed by atoms with E-state index in [1.165, 1.54) is 0 Å². The number of nitrogens with zero attached hydrogens (tertiary/aromatic N) is 2. The predicted molar refractivity (Wildman–Crippen MR) is 113 cm³/mol. The van der Waals surface area contributed by atoms with E-state index in [2.05, 4.69) is 9.98 Å². The molecule has 1 aliphatic heterocycles. The lowest BCUT2D eigenvalue weighted by atomic mass is 10.1. The van der Waals surface area contributed by atoms with Crippen molar-refractivity contribution in [1.82, 2.24) is 9.88 Å². The number of hydrogen-bond donors (Lipinski definition) is 1. The number of ether oxygens (including phenoxy) is 2. The quantitative estimate of drug-likeness (QED) is 0.706. The van der Waals surface area contributed by atoms with Crippen LogP contribution in [-0.2, 0) is 4.74 Å². The Morgan fingerprint density at radius 1 is 1.07 bits per heavy atom. The number of H-pyrrole nitrogens is 1. The van der Waals surface area contributed by atoms with Crippen molar-refractivity contribution in [3.05, 3.63) is 71.9 Å². The molecule has 0 bridgehead atoms. The largest absolute Gasteiger partial charge is 0.471 e. The normalized spacial score (nSPS) is 15.6. The minimum absolute atomic E-state index is 0.0867. The van der Waals surface area contributed by atoms with E-state index in [1.807, 2.05) is 61.5 Å². The van der Waals surface area contributed by atoms with Gasteiger partial charge in [-0.25, -0.2) is 4.99 Å². The van der Waals surface area contributed by atoms with Gasteiger partial charge in [0.05, 0.1) is 6.54 Å². The van der Waals surface area contributed by atoms with Crippen molar-refractivity contribution in [1.29, 1.82) is 0 Å². The Balaban J connectivity index is 1.70. The van der Waals surface area contributed by atoms with Gasteiger partial charge in [0.25, 0.3) is 5.91 Å². The second-order valence-electron chi connectivity index (χ2n) is 7.22. The van der Waals surface area contributed by atoms with Crippen molar-refractivity contribution in [3.63, 3.8) is 0 Å². The maximum atomic E-state index is 12.6. The average molecular weight is 389 g/mol. The Kier molecular flexibility index (Phi) is 5.08. The van der Waals surface area contributed by atoms with Gasteiger partial charge in [-0.3, -0.25) is 4.79 Å². The molecule has 0 saturated carbocycles. The molecule has 29 heavy (non-hydrogen) atoms. The molecule has 1 N–H and O–H groups in total. The Bertz CT molecular complexity index is 1050. The molecule has 0 fully saturated rings. The number of carbonyl (C=O) groups excluding carboxylic acids is 1. The molecule has 1 unspecified atom stereocenters. The van der Waals surface area contributed by atoms with Crippen LogP contribution in [-0.4, -0.2) is 48.4 Å². The number of aromatic nitrogens is 1. The molecule has 0 spiro atoms. The molecule has 6 nitrogen and oxygen atoms in total. The highest BCUT2D eigenvalue weighted by atomic mass is 16.5. The molecule has 148 valence electrons. The van der Waals surface area contributed by atoms with E-state index in [-0.39, 0.29) is 12.0 Å². The molecule has 1 amide bonds. The van der Waals surface area contributed by atoms with Crippen LogP contribution in [0, 0.1) is 0 Å². The summed E-state index contributed by atoms with van der Waals surface area (Å²) in [6, 6.07) is 18.9. The molecule has 2 aromatic carbocycles. The van der Waals surface area contributed by atoms with Gasteiger partial charge in [-0.05, 0) is 49.4 Å². The molecule has 2 heterocycles. The topological polar surface area (TPSA) is 66.9 Å². The fraction of sp³-hybridized carbons (Fsp3) is 0.217. The second kappa shape index (κ2) is 7.83. The van der Waals surface area contributed by atoms with Crippen LogP contribution >= 0.6 is 0 Å². The monoisotopic (exact) mass is 389 g/mol. The number of benzene rings is 2. The molecular formula is C23H23N3O3. The van der Waals surface area contributed by atoms with E-state index in [0.29, 0.717) is 29.5 Å². The summed E-state index contributed by atoms with van der Waals surface area (Å²) in [5.74, 6) is 1.83. The Morgan fingerprint density at radius 3 is 2.52 bits per heavy atom. The lowest BCUT2D eigenvalue weighted by Gasteiger charge is -2.14. The molecule has 1 aromatic heterocycles. The van der Waals surface area contributed by atoms with E-state index < -0.39 is 0 Å². The number of nitrogens with one attached hydrogen (secondary N) is 1.